The Morgan fingerprint density at radius 1 is 1.23 bits per heavy atom. The van der Waals surface area contributed by atoms with Crippen LogP contribution in [0.1, 0.15) is 23.1 Å². The van der Waals surface area contributed by atoms with Crippen molar-refractivity contribution >= 4 is 23.0 Å². The van der Waals surface area contributed by atoms with Gasteiger partial charge in [0.2, 0.25) is 0 Å². The molecular formula is C18H16ClN3. The summed E-state index contributed by atoms with van der Waals surface area (Å²) in [5.74, 6) is 0.469. The smallest absolute Gasteiger partial charge is 0.0740 e. The molecule has 0 spiro atoms. The van der Waals surface area contributed by atoms with Gasteiger partial charge in [-0.25, -0.2) is 0 Å². The molecule has 0 amide bonds. The van der Waals surface area contributed by atoms with Crippen molar-refractivity contribution in [2.45, 2.75) is 18.3 Å². The molecule has 1 unspecified atom stereocenters. The second-order valence-electron chi connectivity index (χ2n) is 5.27. The number of alkyl halides is 1. The van der Waals surface area contributed by atoms with E-state index in [9.17, 15) is 0 Å². The first-order valence-electron chi connectivity index (χ1n) is 7.24. The van der Waals surface area contributed by atoms with Gasteiger partial charge in [0.1, 0.15) is 0 Å². The highest BCUT2D eigenvalue weighted by Gasteiger charge is 2.19. The van der Waals surface area contributed by atoms with Crippen molar-refractivity contribution in [2.75, 3.05) is 11.9 Å². The van der Waals surface area contributed by atoms with Crippen LogP contribution in [-0.4, -0.2) is 18.3 Å². The number of anilines is 1. The molecule has 1 N–H and O–H groups in total. The van der Waals surface area contributed by atoms with Gasteiger partial charge >= 0.3 is 0 Å². The molecule has 0 bridgehead atoms. The molecule has 1 aliphatic rings. The molecule has 0 aromatic heterocycles. The maximum Gasteiger partial charge on any atom is 0.0740 e. The predicted octanol–water partition coefficient (Wildman–Crippen LogP) is 3.97. The molecule has 0 fully saturated rings. The minimum Gasteiger partial charge on any atom is -0.379 e. The molecule has 2 aromatic carbocycles. The quantitative estimate of drug-likeness (QED) is 0.872. The molecule has 1 heterocycles. The Morgan fingerprint density at radius 2 is 2.05 bits per heavy atom. The van der Waals surface area contributed by atoms with Crippen LogP contribution >= 0.6 is 11.6 Å². The van der Waals surface area contributed by atoms with Gasteiger partial charge in [-0.15, -0.1) is 11.6 Å². The van der Waals surface area contributed by atoms with Crippen molar-refractivity contribution in [3.05, 3.63) is 65.2 Å². The summed E-state index contributed by atoms with van der Waals surface area (Å²) in [4.78, 5) is 4.77. The number of halogens is 1. The Balaban J connectivity index is 2.11. The zero-order chi connectivity index (χ0) is 15.4. The van der Waals surface area contributed by atoms with E-state index in [1.807, 2.05) is 30.3 Å². The number of fused-ring (bicyclic) bond motifs is 1. The van der Waals surface area contributed by atoms with Gasteiger partial charge in [-0.3, -0.25) is 4.99 Å². The predicted molar refractivity (Wildman–Crippen MR) is 90.6 cm³/mol. The van der Waals surface area contributed by atoms with Gasteiger partial charge in [-0.05, 0) is 17.7 Å². The minimum atomic E-state index is 0.0341. The van der Waals surface area contributed by atoms with E-state index < -0.39 is 0 Å². The molecule has 0 aliphatic carbocycles. The van der Waals surface area contributed by atoms with Gasteiger partial charge in [0.05, 0.1) is 30.8 Å². The number of nitriles is 1. The zero-order valence-electron chi connectivity index (χ0n) is 12.1. The van der Waals surface area contributed by atoms with Crippen molar-refractivity contribution in [3.63, 3.8) is 0 Å². The third-order valence-corrected chi connectivity index (χ3v) is 4.02. The maximum atomic E-state index is 8.97. The number of benzene rings is 2. The number of benzodiazepines with no additional fused rings is 1. The van der Waals surface area contributed by atoms with Gasteiger partial charge < -0.3 is 5.32 Å². The topological polar surface area (TPSA) is 48.2 Å². The van der Waals surface area contributed by atoms with E-state index in [4.69, 9.17) is 21.9 Å². The average Bonchev–Trinajstić information content (AvgIpc) is 2.74. The number of hydrogen-bond acceptors (Lipinski definition) is 3. The lowest BCUT2D eigenvalue weighted by Gasteiger charge is -2.15. The fourth-order valence-corrected chi connectivity index (χ4v) is 2.78. The Hall–Kier alpha value is -2.31. The SMILES string of the molecule is N#CCC1CN=C(c2ccccc2)c2cc(CCl)ccc2N1. The monoisotopic (exact) mass is 309 g/mol. The Labute approximate surface area is 135 Å². The van der Waals surface area contributed by atoms with E-state index in [0.717, 1.165) is 28.1 Å². The molecule has 1 atom stereocenters. The summed E-state index contributed by atoms with van der Waals surface area (Å²) in [6.07, 6.45) is 0.433. The Bertz CT molecular complexity index is 732. The lowest BCUT2D eigenvalue weighted by Crippen LogP contribution is -2.21. The molecule has 0 saturated heterocycles. The normalized spacial score (nSPS) is 16.7. The van der Waals surface area contributed by atoms with Crippen molar-refractivity contribution in [2.24, 2.45) is 4.99 Å². The number of nitrogens with one attached hydrogen (secondary N) is 1. The number of aliphatic imine (C=N–C) groups is 1. The zero-order valence-corrected chi connectivity index (χ0v) is 12.8. The summed E-state index contributed by atoms with van der Waals surface area (Å²) >= 11 is 5.98. The van der Waals surface area contributed by atoms with Crippen LogP contribution in [0.4, 0.5) is 5.69 Å². The molecule has 1 aliphatic heterocycles. The summed E-state index contributed by atoms with van der Waals surface area (Å²) < 4.78 is 0. The highest BCUT2D eigenvalue weighted by molar-refractivity contribution is 6.18. The van der Waals surface area contributed by atoms with Crippen LogP contribution in [0.25, 0.3) is 0 Å². The van der Waals surface area contributed by atoms with E-state index in [2.05, 4.69) is 29.6 Å². The van der Waals surface area contributed by atoms with Crippen LogP contribution in [-0.2, 0) is 5.88 Å². The first kappa shape index (κ1) is 14.6. The van der Waals surface area contributed by atoms with Crippen LogP contribution in [0.5, 0.6) is 0 Å². The van der Waals surface area contributed by atoms with Gasteiger partial charge in [0, 0.05) is 22.7 Å². The summed E-state index contributed by atoms with van der Waals surface area (Å²) in [6.45, 7) is 0.586. The van der Waals surface area contributed by atoms with E-state index in [1.165, 1.54) is 0 Å². The second-order valence-corrected chi connectivity index (χ2v) is 5.54. The molecule has 4 heteroatoms. The molecule has 0 radical (unpaired) electrons. The third kappa shape index (κ3) is 2.98. The summed E-state index contributed by atoms with van der Waals surface area (Å²) in [5.41, 5.74) is 5.15. The number of nitrogens with zero attached hydrogens (tertiary/aromatic N) is 2. The van der Waals surface area contributed by atoms with Crippen molar-refractivity contribution in [1.29, 1.82) is 5.26 Å². The maximum absolute atomic E-state index is 8.97. The highest BCUT2D eigenvalue weighted by Crippen LogP contribution is 2.26. The minimum absolute atomic E-state index is 0.0341. The number of hydrogen-bond donors (Lipinski definition) is 1. The van der Waals surface area contributed by atoms with Gasteiger partial charge in [-0.2, -0.15) is 5.26 Å². The van der Waals surface area contributed by atoms with E-state index >= 15 is 0 Å². The van der Waals surface area contributed by atoms with E-state index in [-0.39, 0.29) is 6.04 Å². The molecule has 22 heavy (non-hydrogen) atoms. The second kappa shape index (κ2) is 6.64. The average molecular weight is 310 g/mol. The fraction of sp³-hybridized carbons (Fsp3) is 0.222. The largest absolute Gasteiger partial charge is 0.379 e. The van der Waals surface area contributed by atoms with Crippen molar-refractivity contribution < 1.29 is 0 Å². The standard InChI is InChI=1S/C18H16ClN3/c19-11-13-6-7-17-16(10-13)18(14-4-2-1-3-5-14)21-12-15(22-17)8-9-20/h1-7,10,15,22H,8,11-12H2. The molecule has 3 nitrogen and oxygen atoms in total. The number of rotatable bonds is 3. The Morgan fingerprint density at radius 3 is 2.77 bits per heavy atom. The summed E-state index contributed by atoms with van der Waals surface area (Å²) in [5, 5.41) is 12.4. The van der Waals surface area contributed by atoms with Crippen molar-refractivity contribution in [3.8, 4) is 6.07 Å². The van der Waals surface area contributed by atoms with Gasteiger partial charge in [0.15, 0.2) is 0 Å². The third-order valence-electron chi connectivity index (χ3n) is 3.71. The van der Waals surface area contributed by atoms with Crippen LogP contribution in [0.2, 0.25) is 0 Å². The molecule has 0 saturated carbocycles. The van der Waals surface area contributed by atoms with Crippen LogP contribution < -0.4 is 5.32 Å². The molecule has 3 rings (SSSR count). The van der Waals surface area contributed by atoms with Crippen LogP contribution in [0.15, 0.2) is 53.5 Å². The Kier molecular flexibility index (Phi) is 4.41. The molecular weight excluding hydrogens is 294 g/mol. The van der Waals surface area contributed by atoms with E-state index in [0.29, 0.717) is 18.8 Å². The summed E-state index contributed by atoms with van der Waals surface area (Å²) in [7, 11) is 0. The first-order valence-corrected chi connectivity index (χ1v) is 7.78. The fourth-order valence-electron chi connectivity index (χ4n) is 2.62. The van der Waals surface area contributed by atoms with Crippen LogP contribution in [0, 0.1) is 11.3 Å². The highest BCUT2D eigenvalue weighted by atomic mass is 35.5. The lowest BCUT2D eigenvalue weighted by atomic mass is 9.99. The lowest BCUT2D eigenvalue weighted by molar-refractivity contribution is 0.753. The van der Waals surface area contributed by atoms with Gasteiger partial charge in [0.25, 0.3) is 0 Å². The van der Waals surface area contributed by atoms with Gasteiger partial charge in [-0.1, -0.05) is 36.4 Å². The molecule has 110 valence electrons. The summed E-state index contributed by atoms with van der Waals surface area (Å²) in [6, 6.07) is 18.5. The van der Waals surface area contributed by atoms with Crippen LogP contribution in [0.3, 0.4) is 0 Å². The van der Waals surface area contributed by atoms with Crippen molar-refractivity contribution in [1.82, 2.24) is 0 Å². The molecule has 2 aromatic rings. The first-order chi connectivity index (χ1) is 10.8. The van der Waals surface area contributed by atoms with E-state index in [1.54, 1.807) is 0 Å².